The van der Waals surface area contributed by atoms with Crippen molar-refractivity contribution in [1.82, 2.24) is 0 Å². The molecule has 4 rings (SSSR count). The Kier molecular flexibility index (Phi) is 4.43. The van der Waals surface area contributed by atoms with E-state index in [1.54, 1.807) is 0 Å². The number of ether oxygens (including phenoxy) is 1. The highest BCUT2D eigenvalue weighted by Gasteiger charge is 2.60. The molecule has 0 amide bonds. The maximum Gasteiger partial charge on any atom is 0.329 e. The highest BCUT2D eigenvalue weighted by atomic mass is 16.5. The summed E-state index contributed by atoms with van der Waals surface area (Å²) in [5, 5.41) is 19.1. The second kappa shape index (κ2) is 6.23. The first-order valence-electron chi connectivity index (χ1n) is 10.4. The number of carboxylic acid groups (broad SMARTS) is 1. The van der Waals surface area contributed by atoms with Gasteiger partial charge in [-0.3, -0.25) is 0 Å². The van der Waals surface area contributed by atoms with Gasteiger partial charge in [0, 0.05) is 0 Å². The number of carbonyl (C=O) groups is 1. The van der Waals surface area contributed by atoms with Gasteiger partial charge in [0.05, 0.1) is 12.2 Å². The molecule has 0 aliphatic heterocycles. The number of aliphatic carboxylic acids is 1. The van der Waals surface area contributed by atoms with E-state index in [2.05, 4.69) is 13.8 Å². The lowest BCUT2D eigenvalue weighted by Gasteiger charge is -2.60. The van der Waals surface area contributed by atoms with Gasteiger partial charge in [0.2, 0.25) is 0 Å². The zero-order valence-corrected chi connectivity index (χ0v) is 15.7. The van der Waals surface area contributed by atoms with Crippen LogP contribution in [0.3, 0.4) is 0 Å². The summed E-state index contributed by atoms with van der Waals surface area (Å²) in [5.74, 6) is 2.09. The van der Waals surface area contributed by atoms with Gasteiger partial charge < -0.3 is 14.9 Å². The molecular weight excluding hydrogens is 316 g/mol. The Hall–Kier alpha value is -0.610. The zero-order chi connectivity index (χ0) is 17.8. The van der Waals surface area contributed by atoms with Crippen LogP contribution in [-0.4, -0.2) is 35.0 Å². The molecule has 4 aliphatic carbocycles. The van der Waals surface area contributed by atoms with E-state index in [-0.39, 0.29) is 24.2 Å². The van der Waals surface area contributed by atoms with E-state index in [0.29, 0.717) is 17.3 Å². The van der Waals surface area contributed by atoms with Crippen LogP contribution < -0.4 is 0 Å². The Morgan fingerprint density at radius 2 is 1.72 bits per heavy atom. The molecule has 2 N–H and O–H groups in total. The van der Waals surface area contributed by atoms with Crippen LogP contribution in [0.2, 0.25) is 0 Å². The summed E-state index contributed by atoms with van der Waals surface area (Å²) in [6.07, 6.45) is 10.4. The van der Waals surface area contributed by atoms with Crippen molar-refractivity contribution in [3.05, 3.63) is 0 Å². The summed E-state index contributed by atoms with van der Waals surface area (Å²) < 4.78 is 5.83. The maximum atomic E-state index is 10.9. The van der Waals surface area contributed by atoms with Gasteiger partial charge in [-0.05, 0) is 92.3 Å². The highest BCUT2D eigenvalue weighted by Crippen LogP contribution is 2.66. The third kappa shape index (κ3) is 2.75. The molecule has 8 atom stereocenters. The minimum atomic E-state index is -0.852. The predicted molar refractivity (Wildman–Crippen MR) is 95.1 cm³/mol. The Labute approximate surface area is 151 Å². The summed E-state index contributed by atoms with van der Waals surface area (Å²) in [5.41, 5.74) is 0.567. The van der Waals surface area contributed by atoms with Crippen molar-refractivity contribution in [3.63, 3.8) is 0 Å². The minimum Gasteiger partial charge on any atom is -0.480 e. The van der Waals surface area contributed by atoms with Gasteiger partial charge in [-0.1, -0.05) is 13.8 Å². The van der Waals surface area contributed by atoms with E-state index < -0.39 is 5.97 Å². The van der Waals surface area contributed by atoms with Crippen molar-refractivity contribution in [2.45, 2.75) is 83.8 Å². The molecule has 0 aromatic carbocycles. The van der Waals surface area contributed by atoms with Gasteiger partial charge in [0.15, 0.2) is 0 Å². The van der Waals surface area contributed by atoms with E-state index >= 15 is 0 Å². The Bertz CT molecular complexity index is 534. The van der Waals surface area contributed by atoms with Crippen molar-refractivity contribution < 1.29 is 19.7 Å². The smallest absolute Gasteiger partial charge is 0.329 e. The SMILES string of the molecule is C[C@]12CCC(O)C[C@@H]1CCC1[C@@H]2CC[C@]2(C)[C@@H](OCC(=O)O)CC[C@@H]12. The van der Waals surface area contributed by atoms with Crippen LogP contribution in [0.5, 0.6) is 0 Å². The molecular formula is C21H34O4. The van der Waals surface area contributed by atoms with Gasteiger partial charge in [-0.25, -0.2) is 4.79 Å². The largest absolute Gasteiger partial charge is 0.480 e. The molecule has 0 bridgehead atoms. The molecule has 4 saturated carbocycles. The monoisotopic (exact) mass is 350 g/mol. The van der Waals surface area contributed by atoms with Crippen LogP contribution >= 0.6 is 0 Å². The molecule has 4 aliphatic rings. The fraction of sp³-hybridized carbons (Fsp3) is 0.952. The van der Waals surface area contributed by atoms with Crippen LogP contribution in [0.4, 0.5) is 0 Å². The van der Waals surface area contributed by atoms with E-state index in [0.717, 1.165) is 31.1 Å². The molecule has 0 aromatic heterocycles. The molecule has 4 heteroatoms. The van der Waals surface area contributed by atoms with Crippen LogP contribution in [0.25, 0.3) is 0 Å². The average molecular weight is 350 g/mol. The van der Waals surface area contributed by atoms with Gasteiger partial charge in [-0.15, -0.1) is 0 Å². The van der Waals surface area contributed by atoms with Crippen molar-refractivity contribution >= 4 is 5.97 Å². The van der Waals surface area contributed by atoms with Crippen LogP contribution in [0, 0.1) is 34.5 Å². The number of hydrogen-bond donors (Lipinski definition) is 2. The Morgan fingerprint density at radius 3 is 2.48 bits per heavy atom. The highest BCUT2D eigenvalue weighted by molar-refractivity contribution is 5.68. The summed E-state index contributed by atoms with van der Waals surface area (Å²) in [6, 6.07) is 0. The fourth-order valence-corrected chi connectivity index (χ4v) is 7.63. The lowest BCUT2D eigenvalue weighted by atomic mass is 9.45. The van der Waals surface area contributed by atoms with Crippen LogP contribution in [-0.2, 0) is 9.53 Å². The van der Waals surface area contributed by atoms with Crippen molar-refractivity contribution in [2.24, 2.45) is 34.5 Å². The molecule has 4 fully saturated rings. The molecule has 0 spiro atoms. The minimum absolute atomic E-state index is 0.0799. The van der Waals surface area contributed by atoms with Crippen molar-refractivity contribution in [1.29, 1.82) is 0 Å². The fourth-order valence-electron chi connectivity index (χ4n) is 7.63. The molecule has 25 heavy (non-hydrogen) atoms. The first-order valence-corrected chi connectivity index (χ1v) is 10.4. The summed E-state index contributed by atoms with van der Waals surface area (Å²) in [6.45, 7) is 4.72. The topological polar surface area (TPSA) is 66.8 Å². The lowest BCUT2D eigenvalue weighted by Crippen LogP contribution is -2.54. The first-order chi connectivity index (χ1) is 11.8. The standard InChI is InChI=1S/C21H34O4/c1-20-9-7-14(22)11-13(20)3-4-15-16-5-6-18(25-12-19(23)24)21(16,2)10-8-17(15)20/h13-18,22H,3-12H2,1-2H3,(H,23,24)/t13-,14?,15?,16-,17-,18-,20-,21-/m0/s1. The van der Waals surface area contributed by atoms with Gasteiger partial charge in [-0.2, -0.15) is 0 Å². The first kappa shape index (κ1) is 17.8. The maximum absolute atomic E-state index is 10.9. The predicted octanol–water partition coefficient (Wildman–Crippen LogP) is 3.86. The van der Waals surface area contributed by atoms with Gasteiger partial charge in [0.25, 0.3) is 0 Å². The second-order valence-corrected chi connectivity index (χ2v) is 9.90. The molecule has 0 saturated heterocycles. The third-order valence-electron chi connectivity index (χ3n) is 8.96. The average Bonchev–Trinajstić information content (AvgIpc) is 2.90. The van der Waals surface area contributed by atoms with Crippen molar-refractivity contribution in [3.8, 4) is 0 Å². The zero-order valence-electron chi connectivity index (χ0n) is 15.7. The molecule has 0 aromatic rings. The number of hydrogen-bond acceptors (Lipinski definition) is 3. The molecule has 0 radical (unpaired) electrons. The van der Waals surface area contributed by atoms with Crippen LogP contribution in [0.1, 0.15) is 71.6 Å². The summed E-state index contributed by atoms with van der Waals surface area (Å²) >= 11 is 0. The van der Waals surface area contributed by atoms with E-state index in [4.69, 9.17) is 9.84 Å². The summed E-state index contributed by atoms with van der Waals surface area (Å²) in [7, 11) is 0. The van der Waals surface area contributed by atoms with Crippen molar-refractivity contribution in [2.75, 3.05) is 6.61 Å². The lowest BCUT2D eigenvalue weighted by molar-refractivity contribution is -0.156. The molecule has 2 unspecified atom stereocenters. The molecule has 0 heterocycles. The second-order valence-electron chi connectivity index (χ2n) is 9.90. The van der Waals surface area contributed by atoms with Gasteiger partial charge in [0.1, 0.15) is 6.61 Å². The number of aliphatic hydroxyl groups is 1. The van der Waals surface area contributed by atoms with E-state index in [1.165, 1.54) is 38.5 Å². The van der Waals surface area contributed by atoms with E-state index in [9.17, 15) is 9.90 Å². The summed E-state index contributed by atoms with van der Waals surface area (Å²) in [4.78, 5) is 10.9. The normalized spacial score (nSPS) is 52.1. The molecule has 142 valence electrons. The Balaban J connectivity index is 1.53. The van der Waals surface area contributed by atoms with Gasteiger partial charge >= 0.3 is 5.97 Å². The van der Waals surface area contributed by atoms with Crippen LogP contribution in [0.15, 0.2) is 0 Å². The number of aliphatic hydroxyl groups excluding tert-OH is 1. The Morgan fingerprint density at radius 1 is 1.00 bits per heavy atom. The third-order valence-corrected chi connectivity index (χ3v) is 8.96. The number of rotatable bonds is 3. The number of fused-ring (bicyclic) bond motifs is 5. The quantitative estimate of drug-likeness (QED) is 0.811. The molecule has 4 nitrogen and oxygen atoms in total. The van der Waals surface area contributed by atoms with E-state index in [1.807, 2.05) is 0 Å². The number of carboxylic acids is 1.